The van der Waals surface area contributed by atoms with Gasteiger partial charge in [-0.05, 0) is 63.2 Å². The van der Waals surface area contributed by atoms with Gasteiger partial charge < -0.3 is 14.8 Å². The average molecular weight is 396 g/mol. The summed E-state index contributed by atoms with van der Waals surface area (Å²) >= 11 is 11.9. The number of hydrogen-bond donors (Lipinski definition) is 1. The van der Waals surface area contributed by atoms with Gasteiger partial charge in [-0.25, -0.2) is 4.79 Å². The van der Waals surface area contributed by atoms with Crippen molar-refractivity contribution in [2.24, 2.45) is 0 Å². The monoisotopic (exact) mass is 395 g/mol. The van der Waals surface area contributed by atoms with Crippen LogP contribution in [-0.4, -0.2) is 24.1 Å². The van der Waals surface area contributed by atoms with Gasteiger partial charge in [0.1, 0.15) is 5.75 Å². The molecule has 0 fully saturated rings. The van der Waals surface area contributed by atoms with Gasteiger partial charge in [-0.3, -0.25) is 4.79 Å². The second-order valence-corrected chi connectivity index (χ2v) is 6.70. The van der Waals surface area contributed by atoms with Crippen molar-refractivity contribution in [3.63, 3.8) is 0 Å². The largest absolute Gasteiger partial charge is 0.491 e. The predicted molar refractivity (Wildman–Crippen MR) is 102 cm³/mol. The maximum Gasteiger partial charge on any atom is 0.338 e. The van der Waals surface area contributed by atoms with Crippen molar-refractivity contribution in [1.29, 1.82) is 0 Å². The van der Waals surface area contributed by atoms with Crippen molar-refractivity contribution in [2.75, 3.05) is 5.32 Å². The van der Waals surface area contributed by atoms with Crippen LogP contribution in [0.15, 0.2) is 42.5 Å². The minimum atomic E-state index is -1.01. The van der Waals surface area contributed by atoms with E-state index in [4.69, 9.17) is 32.7 Å². The van der Waals surface area contributed by atoms with Crippen molar-refractivity contribution < 1.29 is 19.1 Å². The Hall–Kier alpha value is -2.24. The molecule has 26 heavy (non-hydrogen) atoms. The molecule has 0 radical (unpaired) electrons. The van der Waals surface area contributed by atoms with Crippen LogP contribution in [0.25, 0.3) is 0 Å². The smallest absolute Gasteiger partial charge is 0.338 e. The molecule has 0 aliphatic rings. The molecule has 138 valence electrons. The van der Waals surface area contributed by atoms with Crippen LogP contribution >= 0.6 is 23.2 Å². The summed E-state index contributed by atoms with van der Waals surface area (Å²) in [5.41, 5.74) is 0.670. The quantitative estimate of drug-likeness (QED) is 0.701. The van der Waals surface area contributed by atoms with Crippen LogP contribution in [0.2, 0.25) is 10.0 Å². The molecule has 0 heterocycles. The Morgan fingerprint density at radius 3 is 2.27 bits per heavy atom. The Morgan fingerprint density at radius 2 is 1.65 bits per heavy atom. The standard InChI is InChI=1S/C19H19Cl2NO4/c1-11(2)25-15-7-4-13(5-8-15)19(24)26-12(3)18(23)22-17-10-14(20)6-9-16(17)21/h4-12H,1-3H3,(H,22,23)/t12-/m0/s1. The van der Waals surface area contributed by atoms with E-state index >= 15 is 0 Å². The molecule has 0 aromatic heterocycles. The summed E-state index contributed by atoms with van der Waals surface area (Å²) in [6, 6.07) is 11.2. The van der Waals surface area contributed by atoms with Crippen molar-refractivity contribution in [3.8, 4) is 5.75 Å². The number of halogens is 2. The van der Waals surface area contributed by atoms with Crippen LogP contribution < -0.4 is 10.1 Å². The minimum absolute atomic E-state index is 0.0369. The molecule has 0 bridgehead atoms. The highest BCUT2D eigenvalue weighted by molar-refractivity contribution is 6.35. The van der Waals surface area contributed by atoms with E-state index in [0.717, 1.165) is 0 Å². The van der Waals surface area contributed by atoms with Crippen LogP contribution in [0.3, 0.4) is 0 Å². The van der Waals surface area contributed by atoms with E-state index in [-0.39, 0.29) is 6.10 Å². The van der Waals surface area contributed by atoms with Gasteiger partial charge in [0.25, 0.3) is 5.91 Å². The van der Waals surface area contributed by atoms with Gasteiger partial charge in [-0.15, -0.1) is 0 Å². The number of anilines is 1. The molecular weight excluding hydrogens is 377 g/mol. The maximum atomic E-state index is 12.2. The molecule has 2 aromatic rings. The van der Waals surface area contributed by atoms with E-state index in [2.05, 4.69) is 5.32 Å². The van der Waals surface area contributed by atoms with Crippen molar-refractivity contribution in [3.05, 3.63) is 58.1 Å². The summed E-state index contributed by atoms with van der Waals surface area (Å²) in [4.78, 5) is 24.4. The van der Waals surface area contributed by atoms with Crippen LogP contribution in [0.4, 0.5) is 5.69 Å². The summed E-state index contributed by atoms with van der Waals surface area (Å²) < 4.78 is 10.7. The second kappa shape index (κ2) is 8.92. The number of ether oxygens (including phenoxy) is 2. The summed E-state index contributed by atoms with van der Waals surface area (Å²) in [5, 5.41) is 3.35. The van der Waals surface area contributed by atoms with Crippen LogP contribution in [0.5, 0.6) is 5.75 Å². The molecule has 0 spiro atoms. The zero-order chi connectivity index (χ0) is 19.3. The molecule has 0 saturated carbocycles. The normalized spacial score (nSPS) is 11.8. The first-order valence-electron chi connectivity index (χ1n) is 8.00. The first-order valence-corrected chi connectivity index (χ1v) is 8.75. The van der Waals surface area contributed by atoms with Gasteiger partial charge in [0.05, 0.1) is 22.4 Å². The summed E-state index contributed by atoms with van der Waals surface area (Å²) in [6.45, 7) is 5.30. The fraction of sp³-hybridized carbons (Fsp3) is 0.263. The molecular formula is C19H19Cl2NO4. The Bertz CT molecular complexity index is 791. The number of carbonyl (C=O) groups excluding carboxylic acids is 2. The predicted octanol–water partition coefficient (Wildman–Crippen LogP) is 4.96. The van der Waals surface area contributed by atoms with Crippen LogP contribution in [0.1, 0.15) is 31.1 Å². The first kappa shape index (κ1) is 20.1. The maximum absolute atomic E-state index is 12.2. The third kappa shape index (κ3) is 5.64. The lowest BCUT2D eigenvalue weighted by atomic mass is 10.2. The van der Waals surface area contributed by atoms with Crippen molar-refractivity contribution in [2.45, 2.75) is 33.0 Å². The molecule has 0 aliphatic carbocycles. The topological polar surface area (TPSA) is 64.6 Å². The molecule has 1 N–H and O–H groups in total. The number of rotatable bonds is 6. The van der Waals surface area contributed by atoms with Gasteiger partial charge >= 0.3 is 5.97 Å². The van der Waals surface area contributed by atoms with E-state index in [1.165, 1.54) is 13.0 Å². The number of amides is 1. The highest BCUT2D eigenvalue weighted by atomic mass is 35.5. The average Bonchev–Trinajstić information content (AvgIpc) is 2.58. The number of esters is 1. The third-order valence-corrected chi connectivity index (χ3v) is 3.87. The molecule has 2 rings (SSSR count). The Balaban J connectivity index is 1.97. The van der Waals surface area contributed by atoms with E-state index in [1.54, 1.807) is 36.4 Å². The molecule has 0 saturated heterocycles. The van der Waals surface area contributed by atoms with Gasteiger partial charge in [-0.1, -0.05) is 23.2 Å². The number of carbonyl (C=O) groups is 2. The summed E-state index contributed by atoms with van der Waals surface area (Å²) in [5.74, 6) is -0.471. The van der Waals surface area contributed by atoms with Crippen LogP contribution in [0, 0.1) is 0 Å². The number of nitrogens with one attached hydrogen (secondary N) is 1. The van der Waals surface area contributed by atoms with Gasteiger partial charge in [0.2, 0.25) is 0 Å². The zero-order valence-electron chi connectivity index (χ0n) is 14.6. The summed E-state index contributed by atoms with van der Waals surface area (Å²) in [6.07, 6.45) is -0.973. The van der Waals surface area contributed by atoms with Gasteiger partial charge in [-0.2, -0.15) is 0 Å². The van der Waals surface area contributed by atoms with E-state index < -0.39 is 18.0 Å². The van der Waals surface area contributed by atoms with Crippen molar-refractivity contribution >= 4 is 40.8 Å². The van der Waals surface area contributed by atoms with Crippen molar-refractivity contribution in [1.82, 2.24) is 0 Å². The third-order valence-electron chi connectivity index (χ3n) is 3.30. The zero-order valence-corrected chi connectivity index (χ0v) is 16.1. The molecule has 0 aliphatic heterocycles. The highest BCUT2D eigenvalue weighted by Gasteiger charge is 2.20. The molecule has 2 aromatic carbocycles. The highest BCUT2D eigenvalue weighted by Crippen LogP contribution is 2.25. The van der Waals surface area contributed by atoms with E-state index in [0.29, 0.717) is 27.0 Å². The Labute approximate surface area is 162 Å². The molecule has 7 heteroatoms. The lowest BCUT2D eigenvalue weighted by Gasteiger charge is -2.15. The fourth-order valence-corrected chi connectivity index (χ4v) is 2.39. The Kier molecular flexibility index (Phi) is 6.89. The van der Waals surface area contributed by atoms with E-state index in [9.17, 15) is 9.59 Å². The molecule has 1 amide bonds. The summed E-state index contributed by atoms with van der Waals surface area (Å²) in [7, 11) is 0. The second-order valence-electron chi connectivity index (χ2n) is 5.85. The molecule has 1 atom stereocenters. The van der Waals surface area contributed by atoms with Crippen LogP contribution in [-0.2, 0) is 9.53 Å². The first-order chi connectivity index (χ1) is 12.3. The number of benzene rings is 2. The lowest BCUT2D eigenvalue weighted by molar-refractivity contribution is -0.123. The molecule has 0 unspecified atom stereocenters. The SMILES string of the molecule is CC(C)Oc1ccc(C(=O)O[C@@H](C)C(=O)Nc2cc(Cl)ccc2Cl)cc1. The fourth-order valence-electron chi connectivity index (χ4n) is 2.05. The van der Waals surface area contributed by atoms with Gasteiger partial charge in [0, 0.05) is 5.02 Å². The molecule has 5 nitrogen and oxygen atoms in total. The minimum Gasteiger partial charge on any atom is -0.491 e. The lowest BCUT2D eigenvalue weighted by Crippen LogP contribution is -2.30. The van der Waals surface area contributed by atoms with E-state index in [1.807, 2.05) is 13.8 Å². The number of hydrogen-bond acceptors (Lipinski definition) is 4. The van der Waals surface area contributed by atoms with Gasteiger partial charge in [0.15, 0.2) is 6.10 Å². The Morgan fingerprint density at radius 1 is 1.00 bits per heavy atom.